The second-order valence-electron chi connectivity index (χ2n) is 11.2. The van der Waals surface area contributed by atoms with Crippen molar-refractivity contribution in [2.45, 2.75) is 67.4 Å². The molecule has 0 radical (unpaired) electrons. The summed E-state index contributed by atoms with van der Waals surface area (Å²) in [4.78, 5) is 21.0. The minimum atomic E-state index is -1.99. The van der Waals surface area contributed by atoms with Crippen molar-refractivity contribution in [3.63, 3.8) is 0 Å². The van der Waals surface area contributed by atoms with Gasteiger partial charge in [-0.3, -0.25) is 9.78 Å². The van der Waals surface area contributed by atoms with Gasteiger partial charge in [0.15, 0.2) is 11.2 Å². The van der Waals surface area contributed by atoms with Crippen molar-refractivity contribution >= 4 is 21.8 Å². The van der Waals surface area contributed by atoms with Gasteiger partial charge in [0.05, 0.1) is 31.0 Å². The normalized spacial score (nSPS) is 34.4. The first-order valence-corrected chi connectivity index (χ1v) is 14.5. The summed E-state index contributed by atoms with van der Waals surface area (Å²) in [7, 11) is 1.50. The molecule has 1 aliphatic carbocycles. The Bertz CT molecular complexity index is 1400. The van der Waals surface area contributed by atoms with Gasteiger partial charge < -0.3 is 24.6 Å². The number of halogens is 1. The minimum absolute atomic E-state index is 0.110. The van der Waals surface area contributed by atoms with Crippen LogP contribution in [0.2, 0.25) is 0 Å². The third-order valence-electron chi connectivity index (χ3n) is 9.55. The fraction of sp³-hybridized carbons (Fsp3) is 0.419. The van der Waals surface area contributed by atoms with Gasteiger partial charge in [-0.2, -0.15) is 0 Å². The Morgan fingerprint density at radius 2 is 1.74 bits per heavy atom. The van der Waals surface area contributed by atoms with Crippen LogP contribution in [0.4, 0.5) is 0 Å². The summed E-state index contributed by atoms with van der Waals surface area (Å²) in [6.45, 7) is 0. The number of pyridine rings is 1. The molecule has 4 heterocycles. The average Bonchev–Trinajstić information content (AvgIpc) is 3.46. The standard InChI is InChI=1S/C31H31BrN2O5/c1-38-23-16-33-17-24-27(23)30(37)28(35)25(29(36)34-21-8-5-9-22(34)15-14-21)26(18-6-3-2-4-7-18)31(30,39-24)19-10-12-20(32)13-11-19/h2-4,6-7,10-13,16-17,21-22,25-26,28,35,37H,5,8-9,14-15H2,1H3/t21?,22?,25-,26-,28-,30+,31+/m1/s1. The fourth-order valence-corrected chi connectivity index (χ4v) is 8.28. The van der Waals surface area contributed by atoms with Gasteiger partial charge in [0.1, 0.15) is 17.6 Å². The first-order valence-electron chi connectivity index (χ1n) is 13.7. The van der Waals surface area contributed by atoms with Crippen LogP contribution in [0, 0.1) is 5.92 Å². The lowest BCUT2D eigenvalue weighted by molar-refractivity contribution is -0.158. The molecule has 1 aromatic heterocycles. The van der Waals surface area contributed by atoms with Crippen molar-refractivity contribution in [3.05, 3.63) is 88.2 Å². The number of carbonyl (C=O) groups excluding carboxylic acids is 1. The highest BCUT2D eigenvalue weighted by molar-refractivity contribution is 9.10. The van der Waals surface area contributed by atoms with E-state index in [4.69, 9.17) is 9.47 Å². The molecule has 2 saturated heterocycles. The van der Waals surface area contributed by atoms with Gasteiger partial charge in [0, 0.05) is 22.5 Å². The lowest BCUT2D eigenvalue weighted by Crippen LogP contribution is -2.52. The molecular formula is C31H31BrN2O5. The van der Waals surface area contributed by atoms with Crippen LogP contribution in [-0.2, 0) is 16.0 Å². The second-order valence-corrected chi connectivity index (χ2v) is 12.2. The number of carbonyl (C=O) groups is 1. The predicted molar refractivity (Wildman–Crippen MR) is 147 cm³/mol. The topological polar surface area (TPSA) is 92.1 Å². The summed E-state index contributed by atoms with van der Waals surface area (Å²) in [6, 6.07) is 17.6. The van der Waals surface area contributed by atoms with Crippen molar-refractivity contribution in [1.82, 2.24) is 9.88 Å². The first kappa shape index (κ1) is 25.1. The fourth-order valence-electron chi connectivity index (χ4n) is 8.02. The molecule has 39 heavy (non-hydrogen) atoms. The molecule has 1 amide bonds. The predicted octanol–water partition coefficient (Wildman–Crippen LogP) is 4.65. The maximum Gasteiger partial charge on any atom is 0.229 e. The third-order valence-corrected chi connectivity index (χ3v) is 10.1. The molecule has 2 unspecified atom stereocenters. The Labute approximate surface area is 235 Å². The Kier molecular flexibility index (Phi) is 5.81. The molecule has 3 aromatic rings. The molecule has 1 saturated carbocycles. The van der Waals surface area contributed by atoms with Crippen LogP contribution in [0.3, 0.4) is 0 Å². The van der Waals surface area contributed by atoms with Gasteiger partial charge in [-0.1, -0.05) is 58.4 Å². The van der Waals surface area contributed by atoms with Crippen molar-refractivity contribution in [2.75, 3.05) is 7.11 Å². The van der Waals surface area contributed by atoms with Crippen molar-refractivity contribution < 1.29 is 24.5 Å². The number of aromatic nitrogens is 1. The van der Waals surface area contributed by atoms with Gasteiger partial charge in [-0.25, -0.2) is 0 Å². The number of aliphatic hydroxyl groups is 2. The zero-order chi connectivity index (χ0) is 26.9. The highest BCUT2D eigenvalue weighted by Gasteiger charge is 2.78. The summed E-state index contributed by atoms with van der Waals surface area (Å²) in [6.07, 6.45) is 6.63. The Hall–Kier alpha value is -2.94. The molecule has 2 bridgehead atoms. The number of rotatable bonds is 4. The van der Waals surface area contributed by atoms with E-state index < -0.39 is 29.1 Å². The lowest BCUT2D eigenvalue weighted by Gasteiger charge is -2.41. The van der Waals surface area contributed by atoms with Crippen molar-refractivity contribution in [3.8, 4) is 11.5 Å². The molecular weight excluding hydrogens is 560 g/mol. The van der Waals surface area contributed by atoms with E-state index in [1.807, 2.05) is 59.5 Å². The van der Waals surface area contributed by atoms with E-state index in [9.17, 15) is 15.0 Å². The maximum absolute atomic E-state index is 14.7. The summed E-state index contributed by atoms with van der Waals surface area (Å²) < 4.78 is 13.4. The average molecular weight is 592 g/mol. The monoisotopic (exact) mass is 590 g/mol. The Balaban J connectivity index is 1.50. The van der Waals surface area contributed by atoms with Crippen molar-refractivity contribution in [2.24, 2.45) is 5.92 Å². The quantitative estimate of drug-likeness (QED) is 0.460. The molecule has 2 N–H and O–H groups in total. The van der Waals surface area contributed by atoms with Gasteiger partial charge in [-0.05, 0) is 55.4 Å². The number of amides is 1. The van der Waals surface area contributed by atoms with E-state index in [1.165, 1.54) is 13.3 Å². The second kappa shape index (κ2) is 9.04. The number of fused-ring (bicyclic) bond motifs is 5. The van der Waals surface area contributed by atoms with Crippen LogP contribution >= 0.6 is 15.9 Å². The van der Waals surface area contributed by atoms with E-state index in [0.717, 1.165) is 42.1 Å². The van der Waals surface area contributed by atoms with Crippen LogP contribution in [0.5, 0.6) is 11.5 Å². The number of ether oxygens (including phenoxy) is 2. The van der Waals surface area contributed by atoms with Crippen molar-refractivity contribution in [1.29, 1.82) is 0 Å². The molecule has 0 spiro atoms. The van der Waals surface area contributed by atoms with Crippen LogP contribution in [0.1, 0.15) is 54.7 Å². The number of nitrogens with zero attached hydrogens (tertiary/aromatic N) is 2. The molecule has 202 valence electrons. The van der Waals surface area contributed by atoms with E-state index >= 15 is 0 Å². The third kappa shape index (κ3) is 3.28. The van der Waals surface area contributed by atoms with Crippen LogP contribution in [0.15, 0.2) is 71.5 Å². The smallest absolute Gasteiger partial charge is 0.229 e. The highest BCUT2D eigenvalue weighted by Crippen LogP contribution is 2.70. The molecule has 2 aromatic carbocycles. The SMILES string of the molecule is COc1cncc2c1[C@]1(O)[C@H](O)[C@H](C(=O)N3C4CCCC3CC4)[C@@H](c3ccccc3)[C@]1(c1ccc(Br)cc1)O2. The zero-order valence-electron chi connectivity index (χ0n) is 21.7. The number of aliphatic hydroxyl groups excluding tert-OH is 1. The number of hydrogen-bond donors (Lipinski definition) is 2. The van der Waals surface area contributed by atoms with Crippen LogP contribution < -0.4 is 9.47 Å². The maximum atomic E-state index is 14.7. The summed E-state index contributed by atoms with van der Waals surface area (Å²) in [5, 5.41) is 25.3. The highest BCUT2D eigenvalue weighted by atomic mass is 79.9. The Morgan fingerprint density at radius 3 is 2.41 bits per heavy atom. The molecule has 8 heteroatoms. The molecule has 3 aliphatic heterocycles. The zero-order valence-corrected chi connectivity index (χ0v) is 23.3. The van der Waals surface area contributed by atoms with E-state index in [-0.39, 0.29) is 18.0 Å². The summed E-state index contributed by atoms with van der Waals surface area (Å²) >= 11 is 3.52. The van der Waals surface area contributed by atoms with Gasteiger partial charge in [0.2, 0.25) is 5.91 Å². The molecule has 4 aliphatic rings. The van der Waals surface area contributed by atoms with Gasteiger partial charge >= 0.3 is 0 Å². The molecule has 7 nitrogen and oxygen atoms in total. The van der Waals surface area contributed by atoms with Crippen LogP contribution in [0.25, 0.3) is 0 Å². The molecule has 7 rings (SSSR count). The van der Waals surface area contributed by atoms with Gasteiger partial charge in [-0.15, -0.1) is 0 Å². The molecule has 7 atom stereocenters. The largest absolute Gasteiger partial charge is 0.495 e. The van der Waals surface area contributed by atoms with E-state index in [2.05, 4.69) is 20.9 Å². The number of methoxy groups -OCH3 is 1. The van der Waals surface area contributed by atoms with E-state index in [1.54, 1.807) is 6.20 Å². The summed E-state index contributed by atoms with van der Waals surface area (Å²) in [5.74, 6) is -1.09. The Morgan fingerprint density at radius 1 is 1.05 bits per heavy atom. The lowest BCUT2D eigenvalue weighted by atomic mass is 9.70. The van der Waals surface area contributed by atoms with Gasteiger partial charge in [0.25, 0.3) is 0 Å². The molecule has 3 fully saturated rings. The number of hydrogen-bond acceptors (Lipinski definition) is 6. The van der Waals surface area contributed by atoms with E-state index in [0.29, 0.717) is 22.6 Å². The van der Waals surface area contributed by atoms with Crippen LogP contribution in [-0.4, -0.2) is 51.3 Å². The minimum Gasteiger partial charge on any atom is -0.495 e. The number of piperidine rings is 1. The first-order chi connectivity index (χ1) is 18.9. The number of benzene rings is 2. The summed E-state index contributed by atoms with van der Waals surface area (Å²) in [5.41, 5.74) is -1.69.